The number of ether oxygens (including phenoxy) is 1. The van der Waals surface area contributed by atoms with Crippen LogP contribution in [0.4, 0.5) is 0 Å². The largest absolute Gasteiger partial charge is 0.484 e. The van der Waals surface area contributed by atoms with E-state index >= 15 is 0 Å². The van der Waals surface area contributed by atoms with Crippen LogP contribution in [0.2, 0.25) is 10.0 Å². The number of Topliss-reactive ketones (excluding diaryl/α,β-unsaturated/α-hetero) is 1. The standard InChI is InChI=1S/C14H11Cl2NO2/c15-11-1-2-14(13(16)8-11)19-9-12(18)7-10-3-5-17-6-4-10/h1-6,8H,7,9H2. The smallest absolute Gasteiger partial charge is 0.174 e. The van der Waals surface area contributed by atoms with E-state index in [2.05, 4.69) is 4.98 Å². The molecule has 0 unspecified atom stereocenters. The van der Waals surface area contributed by atoms with Crippen LogP contribution >= 0.6 is 23.2 Å². The maximum atomic E-state index is 11.7. The molecule has 0 saturated heterocycles. The van der Waals surface area contributed by atoms with Crippen molar-refractivity contribution < 1.29 is 9.53 Å². The Morgan fingerprint density at radius 1 is 1.16 bits per heavy atom. The average Bonchev–Trinajstić information content (AvgIpc) is 2.39. The van der Waals surface area contributed by atoms with Crippen molar-refractivity contribution in [1.29, 1.82) is 0 Å². The molecule has 98 valence electrons. The van der Waals surface area contributed by atoms with Crippen molar-refractivity contribution in [3.8, 4) is 5.75 Å². The first kappa shape index (κ1) is 13.8. The van der Waals surface area contributed by atoms with Gasteiger partial charge >= 0.3 is 0 Å². The van der Waals surface area contributed by atoms with E-state index in [9.17, 15) is 4.79 Å². The first-order chi connectivity index (χ1) is 9.15. The highest BCUT2D eigenvalue weighted by molar-refractivity contribution is 6.35. The predicted molar refractivity (Wildman–Crippen MR) is 74.9 cm³/mol. The van der Waals surface area contributed by atoms with E-state index in [-0.39, 0.29) is 12.4 Å². The SMILES string of the molecule is O=C(COc1ccc(Cl)cc1Cl)Cc1ccncc1. The molecule has 0 fully saturated rings. The molecular formula is C14H11Cl2NO2. The minimum absolute atomic E-state index is 0.0241. The van der Waals surface area contributed by atoms with Gasteiger partial charge in [0, 0.05) is 23.8 Å². The van der Waals surface area contributed by atoms with Gasteiger partial charge in [-0.25, -0.2) is 0 Å². The zero-order valence-electron chi connectivity index (χ0n) is 9.98. The van der Waals surface area contributed by atoms with Crippen LogP contribution in [0.15, 0.2) is 42.7 Å². The molecule has 0 aliphatic rings. The summed E-state index contributed by atoms with van der Waals surface area (Å²) in [5.41, 5.74) is 0.908. The zero-order valence-corrected chi connectivity index (χ0v) is 11.5. The number of hydrogen-bond acceptors (Lipinski definition) is 3. The van der Waals surface area contributed by atoms with Gasteiger partial charge in [-0.2, -0.15) is 0 Å². The maximum Gasteiger partial charge on any atom is 0.174 e. The summed E-state index contributed by atoms with van der Waals surface area (Å²) in [6.07, 6.45) is 3.62. The molecule has 0 saturated carbocycles. The van der Waals surface area contributed by atoms with Crippen LogP contribution in [0.3, 0.4) is 0 Å². The summed E-state index contributed by atoms with van der Waals surface area (Å²) in [4.78, 5) is 15.6. The lowest BCUT2D eigenvalue weighted by Crippen LogP contribution is -2.14. The molecule has 0 bridgehead atoms. The number of ketones is 1. The van der Waals surface area contributed by atoms with Crippen LogP contribution in [0.25, 0.3) is 0 Å². The Labute approximate surface area is 121 Å². The molecule has 0 N–H and O–H groups in total. The minimum Gasteiger partial charge on any atom is -0.484 e. The molecule has 2 aromatic rings. The molecule has 0 aliphatic carbocycles. The third kappa shape index (κ3) is 4.23. The van der Waals surface area contributed by atoms with Crippen LogP contribution < -0.4 is 4.74 Å². The molecule has 1 heterocycles. The Morgan fingerprint density at radius 3 is 2.58 bits per heavy atom. The van der Waals surface area contributed by atoms with Crippen LogP contribution in [-0.4, -0.2) is 17.4 Å². The van der Waals surface area contributed by atoms with Gasteiger partial charge in [0.1, 0.15) is 12.4 Å². The fourth-order valence-electron chi connectivity index (χ4n) is 1.53. The molecular weight excluding hydrogens is 285 g/mol. The molecule has 19 heavy (non-hydrogen) atoms. The highest BCUT2D eigenvalue weighted by Crippen LogP contribution is 2.27. The van der Waals surface area contributed by atoms with Crippen molar-refractivity contribution in [2.75, 3.05) is 6.61 Å². The van der Waals surface area contributed by atoms with E-state index in [1.807, 2.05) is 0 Å². The number of hydrogen-bond donors (Lipinski definition) is 0. The molecule has 3 nitrogen and oxygen atoms in total. The summed E-state index contributed by atoms with van der Waals surface area (Å²) in [7, 11) is 0. The third-order valence-corrected chi connectivity index (χ3v) is 2.96. The van der Waals surface area contributed by atoms with Crippen LogP contribution in [0.5, 0.6) is 5.75 Å². The summed E-state index contributed by atoms with van der Waals surface area (Å²) in [6.45, 7) is -0.0241. The molecule has 1 aromatic heterocycles. The van der Waals surface area contributed by atoms with Gasteiger partial charge < -0.3 is 4.74 Å². The van der Waals surface area contributed by atoms with Crippen molar-refractivity contribution in [2.45, 2.75) is 6.42 Å². The monoisotopic (exact) mass is 295 g/mol. The van der Waals surface area contributed by atoms with E-state index < -0.39 is 0 Å². The highest BCUT2D eigenvalue weighted by Gasteiger charge is 2.07. The molecule has 0 radical (unpaired) electrons. The number of pyridine rings is 1. The van der Waals surface area contributed by atoms with Gasteiger partial charge in [0.25, 0.3) is 0 Å². The van der Waals surface area contributed by atoms with Crippen LogP contribution in [0.1, 0.15) is 5.56 Å². The number of halogens is 2. The molecule has 0 amide bonds. The second kappa shape index (κ2) is 6.55. The highest BCUT2D eigenvalue weighted by atomic mass is 35.5. The van der Waals surface area contributed by atoms with Gasteiger partial charge in [0.15, 0.2) is 5.78 Å². The summed E-state index contributed by atoms with van der Waals surface area (Å²) in [5.74, 6) is 0.423. The van der Waals surface area contributed by atoms with E-state index in [1.165, 1.54) is 0 Å². The lowest BCUT2D eigenvalue weighted by molar-refractivity contribution is -0.120. The van der Waals surface area contributed by atoms with Gasteiger partial charge in [-0.1, -0.05) is 23.2 Å². The Hall–Kier alpha value is -1.58. The maximum absolute atomic E-state index is 11.7. The normalized spacial score (nSPS) is 10.2. The van der Waals surface area contributed by atoms with Crippen molar-refractivity contribution in [1.82, 2.24) is 4.98 Å². The van der Waals surface area contributed by atoms with E-state index in [0.29, 0.717) is 22.2 Å². The average molecular weight is 296 g/mol. The van der Waals surface area contributed by atoms with Gasteiger partial charge in [-0.15, -0.1) is 0 Å². The summed E-state index contributed by atoms with van der Waals surface area (Å²) in [6, 6.07) is 8.48. The lowest BCUT2D eigenvalue weighted by atomic mass is 10.1. The van der Waals surface area contributed by atoms with E-state index in [0.717, 1.165) is 5.56 Å². The molecule has 1 aromatic carbocycles. The van der Waals surface area contributed by atoms with Gasteiger partial charge in [0.2, 0.25) is 0 Å². The van der Waals surface area contributed by atoms with Crippen molar-refractivity contribution in [2.24, 2.45) is 0 Å². The number of nitrogens with zero attached hydrogens (tertiary/aromatic N) is 1. The van der Waals surface area contributed by atoms with Crippen LogP contribution in [-0.2, 0) is 11.2 Å². The minimum atomic E-state index is -0.0304. The Kier molecular flexibility index (Phi) is 4.77. The van der Waals surface area contributed by atoms with Gasteiger partial charge in [-0.3, -0.25) is 9.78 Å². The van der Waals surface area contributed by atoms with Crippen molar-refractivity contribution in [3.05, 3.63) is 58.3 Å². The second-order valence-electron chi connectivity index (χ2n) is 3.93. The fourth-order valence-corrected chi connectivity index (χ4v) is 1.99. The van der Waals surface area contributed by atoms with Gasteiger partial charge in [0.05, 0.1) is 5.02 Å². The Balaban J connectivity index is 1.90. The summed E-state index contributed by atoms with van der Waals surface area (Å²) in [5, 5.41) is 0.921. The first-order valence-electron chi connectivity index (χ1n) is 5.63. The molecule has 5 heteroatoms. The first-order valence-corrected chi connectivity index (χ1v) is 6.39. The fraction of sp³-hybridized carbons (Fsp3) is 0.143. The summed E-state index contributed by atoms with van der Waals surface area (Å²) < 4.78 is 5.37. The van der Waals surface area contributed by atoms with Crippen molar-refractivity contribution >= 4 is 29.0 Å². The van der Waals surface area contributed by atoms with Crippen molar-refractivity contribution in [3.63, 3.8) is 0 Å². The molecule has 2 rings (SSSR count). The Bertz CT molecular complexity index is 573. The number of carbonyl (C=O) groups is 1. The lowest BCUT2D eigenvalue weighted by Gasteiger charge is -2.07. The zero-order chi connectivity index (χ0) is 13.7. The van der Waals surface area contributed by atoms with E-state index in [1.54, 1.807) is 42.7 Å². The topological polar surface area (TPSA) is 39.2 Å². The number of rotatable bonds is 5. The van der Waals surface area contributed by atoms with E-state index in [4.69, 9.17) is 27.9 Å². The van der Waals surface area contributed by atoms with Crippen LogP contribution in [0, 0.1) is 0 Å². The quantitative estimate of drug-likeness (QED) is 0.846. The number of aromatic nitrogens is 1. The number of carbonyl (C=O) groups excluding carboxylic acids is 1. The summed E-state index contributed by atoms with van der Waals surface area (Å²) >= 11 is 11.7. The Morgan fingerprint density at radius 2 is 1.89 bits per heavy atom. The molecule has 0 spiro atoms. The molecule has 0 atom stereocenters. The predicted octanol–water partition coefficient (Wildman–Crippen LogP) is 3.58. The third-order valence-electron chi connectivity index (χ3n) is 2.43. The molecule has 0 aliphatic heterocycles. The number of benzene rings is 1. The second-order valence-corrected chi connectivity index (χ2v) is 4.78. The van der Waals surface area contributed by atoms with Gasteiger partial charge in [-0.05, 0) is 35.9 Å².